The molecule has 0 bridgehead atoms. The van der Waals surface area contributed by atoms with Crippen LogP contribution in [-0.2, 0) is 30.4 Å². The number of nitrogens with zero attached hydrogens (tertiary/aromatic N) is 4. The maximum Gasteiger partial charge on any atom is 0.364 e. The largest absolute Gasteiger partial charge is 0.402 e. The Labute approximate surface area is 194 Å². The molecule has 0 fully saturated rings. The Kier molecular flexibility index (Phi) is 6.50. The summed E-state index contributed by atoms with van der Waals surface area (Å²) in [5.74, 6) is -1.48. The highest BCUT2D eigenvalue weighted by Crippen LogP contribution is 2.30. The first-order valence-corrected chi connectivity index (χ1v) is 12.0. The highest BCUT2D eigenvalue weighted by Gasteiger charge is 2.29. The fraction of sp³-hybridized carbons (Fsp3) is 0.300. The molecule has 0 spiro atoms. The molecule has 0 radical (unpaired) electrons. The summed E-state index contributed by atoms with van der Waals surface area (Å²) in [6.07, 6.45) is 1.56. The van der Waals surface area contributed by atoms with Gasteiger partial charge in [0.2, 0.25) is 11.7 Å². The van der Waals surface area contributed by atoms with Gasteiger partial charge in [0.25, 0.3) is 0 Å². The van der Waals surface area contributed by atoms with Crippen LogP contribution in [0.4, 0.5) is 0 Å². The Balaban J connectivity index is 2.03. The van der Waals surface area contributed by atoms with Crippen LogP contribution in [0, 0.1) is 6.92 Å². The van der Waals surface area contributed by atoms with Crippen LogP contribution in [0.5, 0.6) is 5.88 Å². The number of hydrogen-bond acceptors (Lipinski definition) is 7. The van der Waals surface area contributed by atoms with Crippen molar-refractivity contribution in [2.45, 2.75) is 25.2 Å². The summed E-state index contributed by atoms with van der Waals surface area (Å²) in [5, 5.41) is 8.49. The summed E-state index contributed by atoms with van der Waals surface area (Å²) in [7, 11) is -0.424. The Morgan fingerprint density at radius 3 is 2.31 bits per heavy atom. The maximum atomic E-state index is 13.3. The summed E-state index contributed by atoms with van der Waals surface area (Å²) in [5.41, 5.74) is 0.935. The fourth-order valence-corrected chi connectivity index (χ4v) is 4.55. The standard InChI is InChI=1S/C20H20Cl2N4O5S/c1-6-14-16(22)17(25(3)24-14)20(28)31-19-15(10(2)23-26(19)4)18(27)12-8-7-11(9-13(12)21)32(5,29)30/h7-9H,6H2,1-5H3. The number of aryl methyl sites for hydroxylation is 4. The van der Waals surface area contributed by atoms with E-state index in [1.165, 1.54) is 34.6 Å². The lowest BCUT2D eigenvalue weighted by Crippen LogP contribution is -2.17. The van der Waals surface area contributed by atoms with E-state index in [4.69, 9.17) is 27.9 Å². The van der Waals surface area contributed by atoms with Crippen LogP contribution in [-0.4, -0.2) is 46.0 Å². The van der Waals surface area contributed by atoms with E-state index >= 15 is 0 Å². The molecule has 0 aliphatic rings. The zero-order chi connectivity index (χ0) is 24.0. The molecule has 3 rings (SSSR count). The second-order valence-electron chi connectivity index (χ2n) is 7.11. The minimum absolute atomic E-state index is 0.0175. The number of carbonyl (C=O) groups excluding carboxylic acids is 2. The van der Waals surface area contributed by atoms with Crippen molar-refractivity contribution in [1.29, 1.82) is 0 Å². The number of benzene rings is 1. The molecule has 0 aliphatic heterocycles. The Bertz CT molecular complexity index is 1360. The van der Waals surface area contributed by atoms with E-state index in [1.54, 1.807) is 14.0 Å². The van der Waals surface area contributed by atoms with Crippen LogP contribution in [0.3, 0.4) is 0 Å². The highest BCUT2D eigenvalue weighted by molar-refractivity contribution is 7.90. The third-order valence-electron chi connectivity index (χ3n) is 4.78. The van der Waals surface area contributed by atoms with E-state index < -0.39 is 21.6 Å². The predicted molar refractivity (Wildman–Crippen MR) is 118 cm³/mol. The molecule has 1 aromatic carbocycles. The third-order valence-corrected chi connectivity index (χ3v) is 6.60. The van der Waals surface area contributed by atoms with Crippen molar-refractivity contribution in [2.75, 3.05) is 6.26 Å². The van der Waals surface area contributed by atoms with E-state index in [0.29, 0.717) is 17.8 Å². The van der Waals surface area contributed by atoms with Crippen molar-refractivity contribution in [3.8, 4) is 5.88 Å². The normalized spacial score (nSPS) is 11.6. The molecular formula is C20H20Cl2N4O5S. The lowest BCUT2D eigenvalue weighted by molar-refractivity contribution is 0.0707. The molecule has 3 aromatic rings. The van der Waals surface area contributed by atoms with Gasteiger partial charge in [-0.2, -0.15) is 10.2 Å². The van der Waals surface area contributed by atoms with Gasteiger partial charge in [-0.3, -0.25) is 9.48 Å². The minimum Gasteiger partial charge on any atom is -0.402 e. The molecule has 12 heteroatoms. The van der Waals surface area contributed by atoms with Crippen molar-refractivity contribution < 1.29 is 22.7 Å². The molecular weight excluding hydrogens is 479 g/mol. The molecule has 0 saturated heterocycles. The van der Waals surface area contributed by atoms with Gasteiger partial charge in [-0.05, 0) is 31.5 Å². The molecule has 2 aromatic heterocycles. The van der Waals surface area contributed by atoms with Gasteiger partial charge in [-0.25, -0.2) is 17.9 Å². The van der Waals surface area contributed by atoms with Crippen molar-refractivity contribution in [1.82, 2.24) is 19.6 Å². The van der Waals surface area contributed by atoms with Crippen LogP contribution in [0.25, 0.3) is 0 Å². The van der Waals surface area contributed by atoms with Crippen molar-refractivity contribution in [3.63, 3.8) is 0 Å². The first-order chi connectivity index (χ1) is 14.9. The van der Waals surface area contributed by atoms with Crippen LogP contribution in [0.15, 0.2) is 23.1 Å². The van der Waals surface area contributed by atoms with Gasteiger partial charge in [0.15, 0.2) is 15.5 Å². The van der Waals surface area contributed by atoms with Crippen molar-refractivity contribution in [3.05, 3.63) is 56.5 Å². The van der Waals surface area contributed by atoms with Crippen LogP contribution in [0.1, 0.15) is 44.7 Å². The maximum absolute atomic E-state index is 13.3. The smallest absolute Gasteiger partial charge is 0.364 e. The van der Waals surface area contributed by atoms with Gasteiger partial charge < -0.3 is 4.74 Å². The number of ketones is 1. The first kappa shape index (κ1) is 24.0. The highest BCUT2D eigenvalue weighted by atomic mass is 35.5. The molecule has 170 valence electrons. The Morgan fingerprint density at radius 1 is 1.12 bits per heavy atom. The molecule has 32 heavy (non-hydrogen) atoms. The number of carbonyl (C=O) groups is 2. The summed E-state index contributed by atoms with van der Waals surface area (Å²) in [6, 6.07) is 3.79. The van der Waals surface area contributed by atoms with Gasteiger partial charge >= 0.3 is 5.97 Å². The van der Waals surface area contributed by atoms with Crippen LogP contribution >= 0.6 is 23.2 Å². The lowest BCUT2D eigenvalue weighted by atomic mass is 10.0. The monoisotopic (exact) mass is 498 g/mol. The van der Waals surface area contributed by atoms with Crippen LogP contribution < -0.4 is 4.74 Å². The van der Waals surface area contributed by atoms with Gasteiger partial charge in [0.05, 0.1) is 26.3 Å². The average Bonchev–Trinajstić information content (AvgIpc) is 3.14. The number of aromatic nitrogens is 4. The molecule has 2 heterocycles. The molecule has 0 saturated carbocycles. The summed E-state index contributed by atoms with van der Waals surface area (Å²) >= 11 is 12.5. The number of halogens is 2. The van der Waals surface area contributed by atoms with Crippen molar-refractivity contribution >= 4 is 44.8 Å². The van der Waals surface area contributed by atoms with Gasteiger partial charge in [0, 0.05) is 25.9 Å². The van der Waals surface area contributed by atoms with Gasteiger partial charge in [0.1, 0.15) is 5.56 Å². The third kappa shape index (κ3) is 4.30. The Morgan fingerprint density at radius 2 is 1.78 bits per heavy atom. The summed E-state index contributed by atoms with van der Waals surface area (Å²) < 4.78 is 31.6. The number of esters is 1. The minimum atomic E-state index is -3.50. The fourth-order valence-electron chi connectivity index (χ4n) is 3.20. The second-order valence-corrected chi connectivity index (χ2v) is 9.91. The van der Waals surface area contributed by atoms with E-state index in [-0.39, 0.29) is 37.6 Å². The zero-order valence-electron chi connectivity index (χ0n) is 17.9. The summed E-state index contributed by atoms with van der Waals surface area (Å²) in [4.78, 5) is 26.1. The lowest BCUT2D eigenvalue weighted by Gasteiger charge is -2.09. The van der Waals surface area contributed by atoms with Gasteiger partial charge in [-0.1, -0.05) is 30.1 Å². The SMILES string of the molecule is CCc1nn(C)c(C(=O)Oc2c(C(=O)c3ccc(S(C)(=O)=O)cc3Cl)c(C)nn2C)c1Cl. The topological polar surface area (TPSA) is 113 Å². The van der Waals surface area contributed by atoms with E-state index in [9.17, 15) is 18.0 Å². The van der Waals surface area contributed by atoms with Gasteiger partial charge in [-0.15, -0.1) is 0 Å². The zero-order valence-corrected chi connectivity index (χ0v) is 20.3. The van der Waals surface area contributed by atoms with E-state index in [0.717, 1.165) is 6.26 Å². The molecule has 0 unspecified atom stereocenters. The molecule has 0 amide bonds. The molecule has 0 atom stereocenters. The van der Waals surface area contributed by atoms with Crippen LogP contribution in [0.2, 0.25) is 10.0 Å². The molecule has 0 N–H and O–H groups in total. The molecule has 9 nitrogen and oxygen atoms in total. The van der Waals surface area contributed by atoms with E-state index in [1.807, 2.05) is 6.92 Å². The number of sulfone groups is 1. The van der Waals surface area contributed by atoms with Crippen molar-refractivity contribution in [2.24, 2.45) is 14.1 Å². The number of rotatable bonds is 6. The summed E-state index contributed by atoms with van der Waals surface area (Å²) in [6.45, 7) is 3.43. The number of ether oxygens (including phenoxy) is 1. The first-order valence-electron chi connectivity index (χ1n) is 9.38. The Hall–Kier alpha value is -2.69. The second kappa shape index (κ2) is 8.68. The molecule has 0 aliphatic carbocycles. The average molecular weight is 499 g/mol. The predicted octanol–water partition coefficient (Wildman–Crippen LogP) is 3.18. The number of hydrogen-bond donors (Lipinski definition) is 0. The van der Waals surface area contributed by atoms with E-state index in [2.05, 4.69) is 10.2 Å². The quantitative estimate of drug-likeness (QED) is 0.378.